The van der Waals surface area contributed by atoms with Crippen LogP contribution in [0.25, 0.3) is 0 Å². The van der Waals surface area contributed by atoms with Crippen molar-refractivity contribution < 1.29 is 4.52 Å². The van der Waals surface area contributed by atoms with Gasteiger partial charge in [-0.05, 0) is 17.1 Å². The fourth-order valence-corrected chi connectivity index (χ4v) is 2.20. The predicted molar refractivity (Wildman–Crippen MR) is 76.4 cm³/mol. The van der Waals surface area contributed by atoms with E-state index in [0.717, 1.165) is 17.3 Å². The summed E-state index contributed by atoms with van der Waals surface area (Å²) in [6.45, 7) is 10.8. The lowest BCUT2D eigenvalue weighted by molar-refractivity contribution is 0.285. The van der Waals surface area contributed by atoms with Gasteiger partial charge in [0.15, 0.2) is 5.82 Å². The SMILES string of the molecule is CC(C)CSCc1noc(CC(N)C(C)(C)C)n1. The third kappa shape index (κ3) is 5.40. The normalized spacial score (nSPS) is 14.2. The van der Waals surface area contributed by atoms with E-state index >= 15 is 0 Å². The number of nitrogens with zero attached hydrogens (tertiary/aromatic N) is 2. The van der Waals surface area contributed by atoms with Crippen molar-refractivity contribution in [1.29, 1.82) is 0 Å². The van der Waals surface area contributed by atoms with Gasteiger partial charge in [0.1, 0.15) is 0 Å². The summed E-state index contributed by atoms with van der Waals surface area (Å²) in [7, 11) is 0. The molecule has 1 atom stereocenters. The molecule has 1 aromatic heterocycles. The maximum Gasteiger partial charge on any atom is 0.228 e. The van der Waals surface area contributed by atoms with Crippen LogP contribution < -0.4 is 5.73 Å². The number of rotatable bonds is 6. The average molecular weight is 271 g/mol. The van der Waals surface area contributed by atoms with Crippen molar-refractivity contribution >= 4 is 11.8 Å². The summed E-state index contributed by atoms with van der Waals surface area (Å²) < 4.78 is 5.23. The van der Waals surface area contributed by atoms with Crippen LogP contribution in [0.15, 0.2) is 4.52 Å². The van der Waals surface area contributed by atoms with E-state index in [4.69, 9.17) is 10.3 Å². The van der Waals surface area contributed by atoms with Crippen molar-refractivity contribution in [3.05, 3.63) is 11.7 Å². The zero-order chi connectivity index (χ0) is 13.8. The van der Waals surface area contributed by atoms with Crippen LogP contribution in [0.4, 0.5) is 0 Å². The highest BCUT2D eigenvalue weighted by molar-refractivity contribution is 7.98. The highest BCUT2D eigenvalue weighted by Crippen LogP contribution is 2.20. The maximum absolute atomic E-state index is 6.10. The fourth-order valence-electron chi connectivity index (χ4n) is 1.31. The molecule has 0 saturated carbocycles. The van der Waals surface area contributed by atoms with Gasteiger partial charge in [-0.25, -0.2) is 0 Å². The van der Waals surface area contributed by atoms with Crippen LogP contribution in [0.3, 0.4) is 0 Å². The number of thioether (sulfide) groups is 1. The molecule has 104 valence electrons. The van der Waals surface area contributed by atoms with Crippen LogP contribution in [0.5, 0.6) is 0 Å². The summed E-state index contributed by atoms with van der Waals surface area (Å²) in [6.07, 6.45) is 0.644. The van der Waals surface area contributed by atoms with Crippen LogP contribution in [-0.2, 0) is 12.2 Å². The van der Waals surface area contributed by atoms with Crippen molar-refractivity contribution in [2.45, 2.75) is 52.8 Å². The molecular weight excluding hydrogens is 246 g/mol. The molecule has 0 aliphatic heterocycles. The van der Waals surface area contributed by atoms with Gasteiger partial charge in [0.25, 0.3) is 0 Å². The van der Waals surface area contributed by atoms with E-state index in [9.17, 15) is 0 Å². The molecule has 18 heavy (non-hydrogen) atoms. The van der Waals surface area contributed by atoms with E-state index in [-0.39, 0.29) is 11.5 Å². The Morgan fingerprint density at radius 1 is 1.33 bits per heavy atom. The van der Waals surface area contributed by atoms with Gasteiger partial charge in [0.05, 0.1) is 5.75 Å². The molecule has 1 aromatic rings. The second-order valence-electron chi connectivity index (χ2n) is 6.19. The lowest BCUT2D eigenvalue weighted by Crippen LogP contribution is -2.36. The van der Waals surface area contributed by atoms with Crippen LogP contribution in [0.1, 0.15) is 46.3 Å². The Balaban J connectivity index is 2.43. The first-order valence-electron chi connectivity index (χ1n) is 6.44. The van der Waals surface area contributed by atoms with Gasteiger partial charge < -0.3 is 10.3 Å². The van der Waals surface area contributed by atoms with Gasteiger partial charge >= 0.3 is 0 Å². The van der Waals surface area contributed by atoms with Crippen molar-refractivity contribution in [1.82, 2.24) is 10.1 Å². The zero-order valence-corrected chi connectivity index (χ0v) is 12.9. The first-order valence-corrected chi connectivity index (χ1v) is 7.59. The van der Waals surface area contributed by atoms with E-state index in [2.05, 4.69) is 44.8 Å². The minimum atomic E-state index is 0.0362. The Kier molecular flexibility index (Phi) is 5.66. The fraction of sp³-hybridized carbons (Fsp3) is 0.846. The molecule has 0 aliphatic carbocycles. The molecular formula is C13H25N3OS. The van der Waals surface area contributed by atoms with Gasteiger partial charge in [-0.1, -0.05) is 39.8 Å². The minimum absolute atomic E-state index is 0.0362. The third-order valence-corrected chi connectivity index (χ3v) is 4.06. The Morgan fingerprint density at radius 2 is 2.00 bits per heavy atom. The summed E-state index contributed by atoms with van der Waals surface area (Å²) in [5.74, 6) is 4.04. The zero-order valence-electron chi connectivity index (χ0n) is 12.1. The molecule has 0 aromatic carbocycles. The summed E-state index contributed by atoms with van der Waals surface area (Å²) in [5, 5.41) is 3.99. The number of hydrogen-bond donors (Lipinski definition) is 1. The molecule has 0 saturated heterocycles. The summed E-state index contributed by atoms with van der Waals surface area (Å²) in [5.41, 5.74) is 6.16. The van der Waals surface area contributed by atoms with E-state index in [1.54, 1.807) is 0 Å². The third-order valence-electron chi connectivity index (χ3n) is 2.70. The summed E-state index contributed by atoms with van der Waals surface area (Å²) in [4.78, 5) is 4.38. The van der Waals surface area contributed by atoms with E-state index in [1.165, 1.54) is 0 Å². The van der Waals surface area contributed by atoms with Crippen molar-refractivity contribution in [3.8, 4) is 0 Å². The van der Waals surface area contributed by atoms with Crippen LogP contribution in [0.2, 0.25) is 0 Å². The Labute approximate surface area is 114 Å². The molecule has 5 heteroatoms. The molecule has 0 aliphatic rings. The molecule has 0 spiro atoms. The molecule has 4 nitrogen and oxygen atoms in total. The Morgan fingerprint density at radius 3 is 2.56 bits per heavy atom. The monoisotopic (exact) mass is 271 g/mol. The first kappa shape index (κ1) is 15.5. The Bertz CT molecular complexity index is 357. The van der Waals surface area contributed by atoms with Gasteiger partial charge in [-0.15, -0.1) is 0 Å². The van der Waals surface area contributed by atoms with Gasteiger partial charge in [-0.3, -0.25) is 0 Å². The largest absolute Gasteiger partial charge is 0.339 e. The molecule has 1 heterocycles. The molecule has 0 fully saturated rings. The summed E-state index contributed by atoms with van der Waals surface area (Å²) >= 11 is 1.84. The van der Waals surface area contributed by atoms with Gasteiger partial charge in [-0.2, -0.15) is 16.7 Å². The quantitative estimate of drug-likeness (QED) is 0.862. The molecule has 2 N–H and O–H groups in total. The van der Waals surface area contributed by atoms with Crippen LogP contribution >= 0.6 is 11.8 Å². The van der Waals surface area contributed by atoms with E-state index in [0.29, 0.717) is 18.2 Å². The predicted octanol–water partition coefficient (Wildman–Crippen LogP) is 2.87. The lowest BCUT2D eigenvalue weighted by Gasteiger charge is -2.25. The topological polar surface area (TPSA) is 64.9 Å². The maximum atomic E-state index is 6.10. The second kappa shape index (κ2) is 6.57. The van der Waals surface area contributed by atoms with Crippen molar-refractivity contribution in [3.63, 3.8) is 0 Å². The standard InChI is InChI=1S/C13H25N3OS/c1-9(2)7-18-8-11-15-12(17-16-11)6-10(14)13(3,4)5/h9-10H,6-8,14H2,1-5H3. The second-order valence-corrected chi connectivity index (χ2v) is 7.22. The van der Waals surface area contributed by atoms with E-state index < -0.39 is 0 Å². The average Bonchev–Trinajstić information content (AvgIpc) is 2.63. The highest BCUT2D eigenvalue weighted by Gasteiger charge is 2.23. The van der Waals surface area contributed by atoms with Gasteiger partial charge in [0.2, 0.25) is 5.89 Å². The van der Waals surface area contributed by atoms with Crippen LogP contribution in [-0.4, -0.2) is 21.9 Å². The molecule has 1 unspecified atom stereocenters. The van der Waals surface area contributed by atoms with E-state index in [1.807, 2.05) is 11.8 Å². The highest BCUT2D eigenvalue weighted by atomic mass is 32.2. The lowest BCUT2D eigenvalue weighted by atomic mass is 9.85. The van der Waals surface area contributed by atoms with Gasteiger partial charge in [0, 0.05) is 12.5 Å². The smallest absolute Gasteiger partial charge is 0.228 e. The Hall–Kier alpha value is -0.550. The molecule has 1 rings (SSSR count). The van der Waals surface area contributed by atoms with Crippen LogP contribution in [0, 0.1) is 11.3 Å². The molecule has 0 bridgehead atoms. The van der Waals surface area contributed by atoms with Crippen molar-refractivity contribution in [2.75, 3.05) is 5.75 Å². The van der Waals surface area contributed by atoms with Crippen molar-refractivity contribution in [2.24, 2.45) is 17.1 Å². The number of nitrogens with two attached hydrogens (primary N) is 1. The minimum Gasteiger partial charge on any atom is -0.339 e. The number of hydrogen-bond acceptors (Lipinski definition) is 5. The first-order chi connectivity index (χ1) is 8.29. The molecule has 0 amide bonds. The number of aromatic nitrogens is 2. The molecule has 0 radical (unpaired) electrons. The summed E-state index contributed by atoms with van der Waals surface area (Å²) in [6, 6.07) is 0.0362.